The second kappa shape index (κ2) is 8.39. The summed E-state index contributed by atoms with van der Waals surface area (Å²) in [6, 6.07) is 25.7. The number of fused-ring (bicyclic) bond motifs is 2. The Bertz CT molecular complexity index is 1360. The first-order valence-electron chi connectivity index (χ1n) is 12.1. The molecule has 1 N–H and O–H groups in total. The van der Waals surface area contributed by atoms with Crippen LogP contribution in [0.15, 0.2) is 89.4 Å². The number of aliphatic hydroxyl groups is 1. The summed E-state index contributed by atoms with van der Waals surface area (Å²) in [5.41, 5.74) is -1.60. The Morgan fingerprint density at radius 2 is 1.56 bits per heavy atom. The molecule has 4 saturated heterocycles. The maximum absolute atomic E-state index is 14.4. The van der Waals surface area contributed by atoms with Gasteiger partial charge < -0.3 is 10.0 Å². The summed E-state index contributed by atoms with van der Waals surface area (Å²) in [5.74, 6) is -3.06. The number of carbonyl (C=O) groups is 3. The van der Waals surface area contributed by atoms with Crippen molar-refractivity contribution in [2.45, 2.75) is 36.6 Å². The highest BCUT2D eigenvalue weighted by Crippen LogP contribution is 2.60. The van der Waals surface area contributed by atoms with Gasteiger partial charge in [0.2, 0.25) is 5.72 Å². The Morgan fingerprint density at radius 1 is 0.917 bits per heavy atom. The lowest BCUT2D eigenvalue weighted by Crippen LogP contribution is -2.85. The van der Waals surface area contributed by atoms with E-state index in [1.165, 1.54) is 4.90 Å². The number of piperidine rings is 2. The molecule has 182 valence electrons. The van der Waals surface area contributed by atoms with E-state index in [9.17, 15) is 19.5 Å². The summed E-state index contributed by atoms with van der Waals surface area (Å²) >= 11 is 3.48. The van der Waals surface area contributed by atoms with Crippen molar-refractivity contribution in [3.8, 4) is 0 Å². The number of nitrogens with zero attached hydrogens (tertiary/aromatic N) is 2. The van der Waals surface area contributed by atoms with E-state index in [1.807, 2.05) is 66.7 Å². The van der Waals surface area contributed by atoms with Crippen molar-refractivity contribution in [3.05, 3.63) is 106 Å². The molecule has 3 aromatic carbocycles. The van der Waals surface area contributed by atoms with E-state index in [4.69, 9.17) is 0 Å². The molecule has 2 amide bonds. The fourth-order valence-electron chi connectivity index (χ4n) is 6.56. The standard InChI is InChI=1S/C29H25BrN2O4/c30-22-15-8-7-14-21(22)25(33)24-23(20-12-5-2-6-13-20)28-16-9-17-31(28)27(35)29(24,36)32(26(28)34)18-19-10-3-1-4-11-19/h1-8,10-15,23-24,36H,9,16-18H2/t23-,24-,28-,29+/m0/s1. The Labute approximate surface area is 217 Å². The van der Waals surface area contributed by atoms with Gasteiger partial charge in [0.1, 0.15) is 5.54 Å². The SMILES string of the molecule is O=C(c1ccccc1Br)[C@@H]1[C@H](c2ccccc2)[C@]23CCCN2C(=O)[C@@]1(O)N(Cc1ccccc1)C3=O. The Kier molecular flexibility index (Phi) is 5.39. The van der Waals surface area contributed by atoms with Crippen LogP contribution in [0.3, 0.4) is 0 Å². The van der Waals surface area contributed by atoms with E-state index in [-0.39, 0.29) is 18.2 Å². The Balaban J connectivity index is 1.60. The van der Waals surface area contributed by atoms with Gasteiger partial charge in [-0.15, -0.1) is 0 Å². The summed E-state index contributed by atoms with van der Waals surface area (Å²) in [5, 5.41) is 12.4. The predicted octanol–water partition coefficient (Wildman–Crippen LogP) is 4.14. The van der Waals surface area contributed by atoms with Gasteiger partial charge in [-0.2, -0.15) is 0 Å². The molecule has 4 heterocycles. The first-order valence-corrected chi connectivity index (χ1v) is 12.9. The molecule has 3 aromatic rings. The van der Waals surface area contributed by atoms with Crippen molar-refractivity contribution >= 4 is 33.5 Å². The smallest absolute Gasteiger partial charge is 0.277 e. The third-order valence-electron chi connectivity index (χ3n) is 8.05. The van der Waals surface area contributed by atoms with Crippen LogP contribution in [0, 0.1) is 5.92 Å². The summed E-state index contributed by atoms with van der Waals surface area (Å²) in [7, 11) is 0. The van der Waals surface area contributed by atoms with Crippen molar-refractivity contribution in [2.75, 3.05) is 6.54 Å². The average molecular weight is 545 g/mol. The maximum atomic E-state index is 14.4. The van der Waals surface area contributed by atoms with Crippen molar-refractivity contribution in [1.82, 2.24) is 9.80 Å². The third kappa shape index (κ3) is 3.02. The monoisotopic (exact) mass is 544 g/mol. The van der Waals surface area contributed by atoms with Gasteiger partial charge in [-0.05, 0) is 30.0 Å². The first kappa shape index (κ1) is 23.1. The van der Waals surface area contributed by atoms with Gasteiger partial charge in [0.15, 0.2) is 5.78 Å². The van der Waals surface area contributed by atoms with Crippen molar-refractivity contribution in [1.29, 1.82) is 0 Å². The minimum atomic E-state index is -2.31. The molecule has 7 rings (SSSR count). The van der Waals surface area contributed by atoms with Crippen LogP contribution in [0.5, 0.6) is 0 Å². The number of carbonyl (C=O) groups excluding carboxylic acids is 3. The quantitative estimate of drug-likeness (QED) is 0.489. The zero-order valence-corrected chi connectivity index (χ0v) is 21.1. The van der Waals surface area contributed by atoms with Gasteiger partial charge in [-0.1, -0.05) is 94.8 Å². The number of piperazine rings is 1. The van der Waals surface area contributed by atoms with Crippen molar-refractivity contribution < 1.29 is 19.5 Å². The van der Waals surface area contributed by atoms with E-state index in [0.29, 0.717) is 29.4 Å². The second-order valence-electron chi connectivity index (χ2n) is 9.80. The molecule has 36 heavy (non-hydrogen) atoms. The lowest BCUT2D eigenvalue weighted by atomic mass is 9.57. The molecule has 4 aliphatic heterocycles. The first-order chi connectivity index (χ1) is 17.4. The zero-order valence-electron chi connectivity index (χ0n) is 19.5. The van der Waals surface area contributed by atoms with Gasteiger partial charge >= 0.3 is 0 Å². The number of halogens is 1. The van der Waals surface area contributed by atoms with Crippen LogP contribution in [0.1, 0.15) is 40.2 Å². The summed E-state index contributed by atoms with van der Waals surface area (Å²) in [4.78, 5) is 45.6. The summed E-state index contributed by atoms with van der Waals surface area (Å²) < 4.78 is 0.584. The van der Waals surface area contributed by atoms with Crippen LogP contribution in [0.25, 0.3) is 0 Å². The normalized spacial score (nSPS) is 28.9. The van der Waals surface area contributed by atoms with Gasteiger partial charge in [0.05, 0.1) is 5.92 Å². The van der Waals surface area contributed by atoms with Crippen LogP contribution >= 0.6 is 15.9 Å². The van der Waals surface area contributed by atoms with Gasteiger partial charge in [0, 0.05) is 29.0 Å². The number of ketones is 1. The average Bonchev–Trinajstić information content (AvgIpc) is 3.35. The highest BCUT2D eigenvalue weighted by Gasteiger charge is 2.78. The molecule has 0 aliphatic carbocycles. The van der Waals surface area contributed by atoms with Crippen LogP contribution in [-0.2, 0) is 16.1 Å². The lowest BCUT2D eigenvalue weighted by Gasteiger charge is -2.64. The third-order valence-corrected chi connectivity index (χ3v) is 8.75. The summed E-state index contributed by atoms with van der Waals surface area (Å²) in [6.45, 7) is 0.421. The summed E-state index contributed by atoms with van der Waals surface area (Å²) in [6.07, 6.45) is 1.07. The topological polar surface area (TPSA) is 77.9 Å². The van der Waals surface area contributed by atoms with Crippen molar-refractivity contribution in [2.24, 2.45) is 5.92 Å². The number of hydrogen-bond acceptors (Lipinski definition) is 4. The maximum Gasteiger partial charge on any atom is 0.277 e. The number of Topliss-reactive ketones (excluding diaryl/α,β-unsaturated/α-hetero) is 1. The van der Waals surface area contributed by atoms with E-state index in [1.54, 1.807) is 23.1 Å². The molecule has 2 bridgehead atoms. The highest BCUT2D eigenvalue weighted by atomic mass is 79.9. The van der Waals surface area contributed by atoms with Gasteiger partial charge in [-0.3, -0.25) is 19.3 Å². The molecular formula is C29H25BrN2O4. The minimum absolute atomic E-state index is 0.0404. The molecule has 7 heteroatoms. The van der Waals surface area contributed by atoms with E-state index < -0.39 is 29.0 Å². The minimum Gasteiger partial charge on any atom is -0.362 e. The number of hydrogen-bond donors (Lipinski definition) is 1. The molecular weight excluding hydrogens is 520 g/mol. The largest absolute Gasteiger partial charge is 0.362 e. The van der Waals surface area contributed by atoms with E-state index in [0.717, 1.165) is 11.1 Å². The van der Waals surface area contributed by atoms with Crippen LogP contribution in [0.4, 0.5) is 0 Å². The number of amides is 2. The van der Waals surface area contributed by atoms with E-state index >= 15 is 0 Å². The van der Waals surface area contributed by atoms with Crippen LogP contribution < -0.4 is 0 Å². The van der Waals surface area contributed by atoms with Crippen LogP contribution in [-0.4, -0.2) is 50.3 Å². The Morgan fingerprint density at radius 3 is 2.25 bits per heavy atom. The van der Waals surface area contributed by atoms with Crippen LogP contribution in [0.2, 0.25) is 0 Å². The van der Waals surface area contributed by atoms with Gasteiger partial charge in [0.25, 0.3) is 11.8 Å². The molecule has 6 nitrogen and oxygen atoms in total. The molecule has 0 aromatic heterocycles. The molecule has 4 atom stereocenters. The van der Waals surface area contributed by atoms with E-state index in [2.05, 4.69) is 15.9 Å². The zero-order chi connectivity index (χ0) is 25.1. The fraction of sp³-hybridized carbons (Fsp3) is 0.276. The molecule has 4 aliphatic rings. The molecule has 4 fully saturated rings. The highest BCUT2D eigenvalue weighted by molar-refractivity contribution is 9.10. The molecule has 0 unspecified atom stereocenters. The lowest BCUT2D eigenvalue weighted by molar-refractivity contribution is -0.239. The Hall–Kier alpha value is -3.29. The predicted molar refractivity (Wildman–Crippen MR) is 137 cm³/mol. The number of benzene rings is 3. The second-order valence-corrected chi connectivity index (χ2v) is 10.7. The fourth-order valence-corrected chi connectivity index (χ4v) is 7.04. The van der Waals surface area contributed by atoms with Crippen molar-refractivity contribution in [3.63, 3.8) is 0 Å². The molecule has 0 saturated carbocycles. The molecule has 1 spiro atoms. The number of rotatable bonds is 5. The molecule has 0 radical (unpaired) electrons. The van der Waals surface area contributed by atoms with Gasteiger partial charge in [-0.25, -0.2) is 0 Å².